The van der Waals surface area contributed by atoms with Crippen LogP contribution in [0.4, 0.5) is 0 Å². The third-order valence-corrected chi connectivity index (χ3v) is 4.82. The monoisotopic (exact) mass is 363 g/mol. The average Bonchev–Trinajstić information content (AvgIpc) is 2.48. The zero-order chi connectivity index (χ0) is 15.1. The van der Waals surface area contributed by atoms with Gasteiger partial charge in [-0.05, 0) is 24.1 Å². The van der Waals surface area contributed by atoms with Crippen molar-refractivity contribution in [3.05, 3.63) is 70.2 Å². The van der Waals surface area contributed by atoms with Crippen molar-refractivity contribution in [2.24, 2.45) is 0 Å². The van der Waals surface area contributed by atoms with Crippen LogP contribution in [0.5, 0.6) is 0 Å². The van der Waals surface area contributed by atoms with Crippen LogP contribution < -0.4 is 5.32 Å². The number of amides is 1. The first-order valence-electron chi connectivity index (χ1n) is 6.82. The van der Waals surface area contributed by atoms with E-state index in [1.165, 1.54) is 5.56 Å². The minimum absolute atomic E-state index is 0.00500. The third kappa shape index (κ3) is 5.21. The van der Waals surface area contributed by atoms with E-state index in [0.29, 0.717) is 5.75 Å². The smallest absolute Gasteiger partial charge is 0.230 e. The third-order valence-electron chi connectivity index (χ3n) is 3.09. The van der Waals surface area contributed by atoms with Crippen molar-refractivity contribution in [3.8, 4) is 0 Å². The number of hydrogen-bond donors (Lipinski definition) is 1. The Morgan fingerprint density at radius 3 is 2.52 bits per heavy atom. The molecule has 0 unspecified atom stereocenters. The lowest BCUT2D eigenvalue weighted by atomic mass is 10.1. The molecule has 0 aromatic heterocycles. The molecule has 0 bridgehead atoms. The molecule has 0 saturated heterocycles. The van der Waals surface area contributed by atoms with Gasteiger partial charge in [-0.15, -0.1) is 11.8 Å². The summed E-state index contributed by atoms with van der Waals surface area (Å²) in [7, 11) is 0. The zero-order valence-corrected chi connectivity index (χ0v) is 14.3. The lowest BCUT2D eigenvalue weighted by Crippen LogP contribution is -2.28. The van der Waals surface area contributed by atoms with Crippen LogP contribution in [0, 0.1) is 0 Å². The normalized spacial score (nSPS) is 11.9. The van der Waals surface area contributed by atoms with Gasteiger partial charge in [0.25, 0.3) is 0 Å². The Labute approximate surface area is 138 Å². The van der Waals surface area contributed by atoms with Crippen LogP contribution in [0.2, 0.25) is 0 Å². The van der Waals surface area contributed by atoms with E-state index in [4.69, 9.17) is 0 Å². The van der Waals surface area contributed by atoms with Gasteiger partial charge in [-0.2, -0.15) is 0 Å². The van der Waals surface area contributed by atoms with Gasteiger partial charge in [-0.3, -0.25) is 4.79 Å². The molecule has 0 radical (unpaired) electrons. The second-order valence-electron chi connectivity index (χ2n) is 4.79. The Hall–Kier alpha value is -1.26. The molecule has 0 heterocycles. The maximum Gasteiger partial charge on any atom is 0.230 e. The second-order valence-corrected chi connectivity index (χ2v) is 6.63. The summed E-state index contributed by atoms with van der Waals surface area (Å²) in [6.07, 6.45) is 0. The Morgan fingerprint density at radius 1 is 1.14 bits per heavy atom. The highest BCUT2D eigenvalue weighted by Crippen LogP contribution is 2.22. The molecule has 2 rings (SSSR count). The number of carbonyl (C=O) groups excluding carboxylic acids is 1. The van der Waals surface area contributed by atoms with E-state index >= 15 is 0 Å². The largest absolute Gasteiger partial charge is 0.349 e. The van der Waals surface area contributed by atoms with Crippen LogP contribution in [-0.2, 0) is 10.5 Å². The number of rotatable bonds is 6. The van der Waals surface area contributed by atoms with E-state index in [2.05, 4.69) is 33.4 Å². The lowest BCUT2D eigenvalue weighted by Gasteiger charge is -2.15. The summed E-state index contributed by atoms with van der Waals surface area (Å²) in [6, 6.07) is 18.2. The van der Waals surface area contributed by atoms with Gasteiger partial charge >= 0.3 is 0 Å². The van der Waals surface area contributed by atoms with E-state index in [1.54, 1.807) is 11.8 Å². The molecule has 0 fully saturated rings. The van der Waals surface area contributed by atoms with Crippen molar-refractivity contribution in [1.29, 1.82) is 0 Å². The van der Waals surface area contributed by atoms with Gasteiger partial charge in [0.2, 0.25) is 5.91 Å². The van der Waals surface area contributed by atoms with Crippen molar-refractivity contribution in [3.63, 3.8) is 0 Å². The molecule has 21 heavy (non-hydrogen) atoms. The predicted molar refractivity (Wildman–Crippen MR) is 93.3 cm³/mol. The SMILES string of the molecule is C[C@@H](NC(=O)CSCc1ccccc1)c1ccccc1Br. The maximum atomic E-state index is 12.0. The first kappa shape index (κ1) is 16.1. The Morgan fingerprint density at radius 2 is 1.81 bits per heavy atom. The number of nitrogens with one attached hydrogen (secondary N) is 1. The molecule has 2 aromatic carbocycles. The highest BCUT2D eigenvalue weighted by molar-refractivity contribution is 9.10. The van der Waals surface area contributed by atoms with Crippen molar-refractivity contribution in [2.45, 2.75) is 18.7 Å². The highest BCUT2D eigenvalue weighted by atomic mass is 79.9. The fourth-order valence-electron chi connectivity index (χ4n) is 2.02. The van der Waals surface area contributed by atoms with Gasteiger partial charge < -0.3 is 5.32 Å². The molecule has 0 aliphatic carbocycles. The topological polar surface area (TPSA) is 29.1 Å². The minimum atomic E-state index is 0.00500. The summed E-state index contributed by atoms with van der Waals surface area (Å²) in [6.45, 7) is 2.00. The summed E-state index contributed by atoms with van der Waals surface area (Å²) in [5.74, 6) is 1.40. The molecule has 4 heteroatoms. The van der Waals surface area contributed by atoms with Crippen molar-refractivity contribution in [1.82, 2.24) is 5.32 Å². The molecular formula is C17H18BrNOS. The van der Waals surface area contributed by atoms with E-state index in [9.17, 15) is 4.79 Å². The summed E-state index contributed by atoms with van der Waals surface area (Å²) in [5.41, 5.74) is 2.34. The van der Waals surface area contributed by atoms with Crippen LogP contribution >= 0.6 is 27.7 Å². The van der Waals surface area contributed by atoms with E-state index < -0.39 is 0 Å². The summed E-state index contributed by atoms with van der Waals surface area (Å²) < 4.78 is 1.02. The zero-order valence-electron chi connectivity index (χ0n) is 11.9. The number of thioether (sulfide) groups is 1. The first-order chi connectivity index (χ1) is 10.2. The maximum absolute atomic E-state index is 12.0. The fraction of sp³-hybridized carbons (Fsp3) is 0.235. The van der Waals surface area contributed by atoms with Crippen LogP contribution in [0.25, 0.3) is 0 Å². The van der Waals surface area contributed by atoms with Crippen molar-refractivity contribution >= 4 is 33.6 Å². The second kappa shape index (κ2) is 8.25. The molecule has 0 saturated carbocycles. The quantitative estimate of drug-likeness (QED) is 0.814. The van der Waals surface area contributed by atoms with Crippen molar-refractivity contribution < 1.29 is 4.79 Å². The number of hydrogen-bond acceptors (Lipinski definition) is 2. The van der Waals surface area contributed by atoms with Gasteiger partial charge in [0.15, 0.2) is 0 Å². The fourth-order valence-corrected chi connectivity index (χ4v) is 3.45. The number of halogens is 1. The molecule has 2 nitrogen and oxygen atoms in total. The van der Waals surface area contributed by atoms with E-state index in [-0.39, 0.29) is 11.9 Å². The number of benzene rings is 2. The van der Waals surface area contributed by atoms with Crippen LogP contribution in [0.15, 0.2) is 59.1 Å². The van der Waals surface area contributed by atoms with Crippen LogP contribution in [-0.4, -0.2) is 11.7 Å². The van der Waals surface area contributed by atoms with Gasteiger partial charge in [-0.1, -0.05) is 64.5 Å². The molecule has 2 aromatic rings. The molecule has 1 atom stereocenters. The first-order valence-corrected chi connectivity index (χ1v) is 8.77. The predicted octanol–water partition coefficient (Wildman–Crippen LogP) is 4.56. The lowest BCUT2D eigenvalue weighted by molar-refractivity contribution is -0.119. The minimum Gasteiger partial charge on any atom is -0.349 e. The summed E-state index contributed by atoms with van der Waals surface area (Å²) in [5, 5.41) is 3.03. The summed E-state index contributed by atoms with van der Waals surface area (Å²) in [4.78, 5) is 12.0. The van der Waals surface area contributed by atoms with E-state index in [1.807, 2.05) is 49.4 Å². The van der Waals surface area contributed by atoms with Gasteiger partial charge in [-0.25, -0.2) is 0 Å². The van der Waals surface area contributed by atoms with Crippen LogP contribution in [0.1, 0.15) is 24.1 Å². The molecule has 0 aliphatic rings. The average molecular weight is 364 g/mol. The molecular weight excluding hydrogens is 346 g/mol. The molecule has 0 spiro atoms. The Bertz CT molecular complexity index is 588. The molecule has 0 aliphatic heterocycles. The van der Waals surface area contributed by atoms with Gasteiger partial charge in [0, 0.05) is 10.2 Å². The van der Waals surface area contributed by atoms with E-state index in [0.717, 1.165) is 15.8 Å². The Balaban J connectivity index is 1.78. The summed E-state index contributed by atoms with van der Waals surface area (Å²) >= 11 is 5.15. The molecule has 110 valence electrons. The van der Waals surface area contributed by atoms with Gasteiger partial charge in [0.1, 0.15) is 0 Å². The molecule has 1 N–H and O–H groups in total. The standard InChI is InChI=1S/C17H18BrNOS/c1-13(15-9-5-6-10-16(15)18)19-17(20)12-21-11-14-7-3-2-4-8-14/h2-10,13H,11-12H2,1H3,(H,19,20)/t13-/m1/s1. The highest BCUT2D eigenvalue weighted by Gasteiger charge is 2.11. The molecule has 1 amide bonds. The Kier molecular flexibility index (Phi) is 6.33. The number of carbonyl (C=O) groups is 1. The van der Waals surface area contributed by atoms with Crippen LogP contribution in [0.3, 0.4) is 0 Å². The van der Waals surface area contributed by atoms with Crippen molar-refractivity contribution in [2.75, 3.05) is 5.75 Å². The van der Waals surface area contributed by atoms with Gasteiger partial charge in [0.05, 0.1) is 11.8 Å².